The molecule has 2 aromatic rings. The Bertz CT molecular complexity index is 966. The molecule has 0 aliphatic heterocycles. The zero-order valence-electron chi connectivity index (χ0n) is 14.4. The molecule has 2 heterocycles. The van der Waals surface area contributed by atoms with E-state index in [0.717, 1.165) is 0 Å². The van der Waals surface area contributed by atoms with Gasteiger partial charge in [-0.3, -0.25) is 0 Å². The summed E-state index contributed by atoms with van der Waals surface area (Å²) in [5, 5.41) is 18.1. The van der Waals surface area contributed by atoms with E-state index in [-0.39, 0.29) is 37.9 Å². The molecule has 0 radical (unpaired) electrons. The van der Waals surface area contributed by atoms with Gasteiger partial charge in [-0.25, -0.2) is 9.97 Å². The molecule has 0 N–H and O–H groups in total. The molecule has 0 saturated carbocycles. The normalized spacial score (nSPS) is 9.82. The molecule has 144 valence electrons. The number of carbonyl (C=O) groups excluding carboxylic acids is 1. The molecule has 10 heteroatoms. The van der Waals surface area contributed by atoms with Crippen LogP contribution >= 0.6 is 46.4 Å². The average molecular weight is 458 g/mol. The van der Waals surface area contributed by atoms with Gasteiger partial charge >= 0.3 is 0 Å². The predicted molar refractivity (Wildman–Crippen MR) is 108 cm³/mol. The van der Waals surface area contributed by atoms with Crippen molar-refractivity contribution in [3.8, 4) is 12.1 Å². The van der Waals surface area contributed by atoms with E-state index in [0.29, 0.717) is 24.0 Å². The molecule has 2 aromatic heterocycles. The van der Waals surface area contributed by atoms with Gasteiger partial charge in [0.2, 0.25) is 0 Å². The van der Waals surface area contributed by atoms with E-state index in [1.54, 1.807) is 6.08 Å². The first-order valence-electron chi connectivity index (χ1n) is 7.60. The molecule has 0 fully saturated rings. The number of hydrogen-bond donors (Lipinski definition) is 0. The van der Waals surface area contributed by atoms with Gasteiger partial charge in [0.25, 0.3) is 0 Å². The molecule has 0 spiro atoms. The number of ether oxygens (including phenoxy) is 1. The van der Waals surface area contributed by atoms with Gasteiger partial charge in [0.1, 0.15) is 39.9 Å². The molecule has 0 bridgehead atoms. The Morgan fingerprint density at radius 2 is 1.61 bits per heavy atom. The van der Waals surface area contributed by atoms with E-state index in [2.05, 4.69) is 9.97 Å². The van der Waals surface area contributed by atoms with Crippen molar-refractivity contribution >= 4 is 58.8 Å². The van der Waals surface area contributed by atoms with Crippen LogP contribution in [0.5, 0.6) is 0 Å². The number of nitrogens with zero attached hydrogens (tertiary/aromatic N) is 4. The van der Waals surface area contributed by atoms with Gasteiger partial charge in [-0.2, -0.15) is 10.5 Å². The van der Waals surface area contributed by atoms with E-state index >= 15 is 0 Å². The minimum Gasteiger partial charge on any atom is -0.501 e. The van der Waals surface area contributed by atoms with Gasteiger partial charge in [-0.05, 0) is 18.6 Å². The topological polar surface area (TPSA) is 99.7 Å². The summed E-state index contributed by atoms with van der Waals surface area (Å²) in [6.07, 6.45) is 6.84. The molecular formula is C18H12Cl4N4O2. The SMILES string of the molecule is CCO/C=C\c1cnc(Cl)c(C#N)c1Cl.N#Cc1c(Cl)ncc(CC=O)c1Cl. The van der Waals surface area contributed by atoms with Crippen LogP contribution < -0.4 is 0 Å². The Balaban J connectivity index is 0.000000283. The lowest BCUT2D eigenvalue weighted by molar-refractivity contribution is -0.107. The highest BCUT2D eigenvalue weighted by atomic mass is 35.5. The van der Waals surface area contributed by atoms with E-state index in [1.165, 1.54) is 18.7 Å². The first-order valence-corrected chi connectivity index (χ1v) is 9.11. The van der Waals surface area contributed by atoms with Crippen molar-refractivity contribution in [3.63, 3.8) is 0 Å². The monoisotopic (exact) mass is 456 g/mol. The third-order valence-electron chi connectivity index (χ3n) is 3.08. The maximum atomic E-state index is 10.2. The van der Waals surface area contributed by atoms with Crippen molar-refractivity contribution in [2.75, 3.05) is 6.61 Å². The first kappa shape index (κ1) is 23.7. The van der Waals surface area contributed by atoms with Gasteiger partial charge in [0.15, 0.2) is 0 Å². The second kappa shape index (κ2) is 12.2. The van der Waals surface area contributed by atoms with Crippen molar-refractivity contribution in [1.82, 2.24) is 9.97 Å². The standard InChI is InChI=1S/C10H8Cl2N2O.C8H4Cl2N2O/c1-2-15-4-3-7-6-14-10(12)8(5-13)9(7)11;9-7-5(1-2-13)4-12-8(10)6(7)3-11/h3-4,6H,2H2,1H3;2,4H,1H2/b4-3-;. The third kappa shape index (κ3) is 6.37. The first-order chi connectivity index (χ1) is 13.4. The van der Waals surface area contributed by atoms with Crippen molar-refractivity contribution in [2.45, 2.75) is 13.3 Å². The molecular weight excluding hydrogens is 446 g/mol. The Kier molecular flexibility index (Phi) is 10.3. The van der Waals surface area contributed by atoms with Crippen LogP contribution in [0.25, 0.3) is 6.08 Å². The number of hydrogen-bond acceptors (Lipinski definition) is 6. The van der Waals surface area contributed by atoms with Crippen molar-refractivity contribution in [3.05, 3.63) is 61.3 Å². The molecule has 0 amide bonds. The van der Waals surface area contributed by atoms with Crippen LogP contribution in [0.2, 0.25) is 20.4 Å². The quantitative estimate of drug-likeness (QED) is 0.344. The summed E-state index contributed by atoms with van der Waals surface area (Å²) in [7, 11) is 0. The van der Waals surface area contributed by atoms with Gasteiger partial charge in [0.05, 0.1) is 22.9 Å². The summed E-state index contributed by atoms with van der Waals surface area (Å²) in [4.78, 5) is 17.8. The smallest absolute Gasteiger partial charge is 0.148 e. The number of aromatic nitrogens is 2. The van der Waals surface area contributed by atoms with E-state index < -0.39 is 0 Å². The van der Waals surface area contributed by atoms with Crippen LogP contribution in [0.3, 0.4) is 0 Å². The number of nitriles is 2. The molecule has 0 aromatic carbocycles. The number of carbonyl (C=O) groups is 1. The van der Waals surface area contributed by atoms with Crippen molar-refractivity contribution in [1.29, 1.82) is 10.5 Å². The maximum Gasteiger partial charge on any atom is 0.148 e. The van der Waals surface area contributed by atoms with E-state index in [4.69, 9.17) is 61.7 Å². The highest BCUT2D eigenvalue weighted by Crippen LogP contribution is 2.26. The second-order valence-electron chi connectivity index (χ2n) is 4.81. The van der Waals surface area contributed by atoms with E-state index in [9.17, 15) is 4.79 Å². The number of halogens is 4. The fourth-order valence-corrected chi connectivity index (χ4v) is 2.71. The fraction of sp³-hybridized carbons (Fsp3) is 0.167. The summed E-state index contributed by atoms with van der Waals surface area (Å²) < 4.78 is 5.01. The average Bonchev–Trinajstić information content (AvgIpc) is 2.67. The lowest BCUT2D eigenvalue weighted by atomic mass is 10.2. The van der Waals surface area contributed by atoms with Crippen LogP contribution in [0.1, 0.15) is 29.2 Å². The summed E-state index contributed by atoms with van der Waals surface area (Å²) in [6.45, 7) is 2.44. The van der Waals surface area contributed by atoms with Crippen LogP contribution in [0.4, 0.5) is 0 Å². The highest BCUT2D eigenvalue weighted by Gasteiger charge is 2.11. The van der Waals surface area contributed by atoms with Crippen LogP contribution in [0, 0.1) is 22.7 Å². The van der Waals surface area contributed by atoms with Gasteiger partial charge in [0, 0.05) is 24.4 Å². The molecule has 6 nitrogen and oxygen atoms in total. The molecule has 0 saturated heterocycles. The van der Waals surface area contributed by atoms with Gasteiger partial charge in [-0.1, -0.05) is 46.4 Å². The summed E-state index contributed by atoms with van der Waals surface area (Å²) in [6, 6.07) is 3.71. The largest absolute Gasteiger partial charge is 0.501 e. The second-order valence-corrected chi connectivity index (χ2v) is 6.28. The van der Waals surface area contributed by atoms with Crippen LogP contribution in [-0.4, -0.2) is 22.9 Å². The lowest BCUT2D eigenvalue weighted by Crippen LogP contribution is -1.93. The Labute approximate surface area is 181 Å². The van der Waals surface area contributed by atoms with Crippen LogP contribution in [-0.2, 0) is 16.0 Å². The lowest BCUT2D eigenvalue weighted by Gasteiger charge is -2.01. The molecule has 0 aliphatic carbocycles. The maximum absolute atomic E-state index is 10.2. The minimum atomic E-state index is 0.0575. The van der Waals surface area contributed by atoms with Gasteiger partial charge in [-0.15, -0.1) is 0 Å². The van der Waals surface area contributed by atoms with Crippen LogP contribution in [0.15, 0.2) is 18.7 Å². The highest BCUT2D eigenvalue weighted by molar-refractivity contribution is 6.37. The zero-order valence-corrected chi connectivity index (χ0v) is 17.4. The zero-order chi connectivity index (χ0) is 21.1. The predicted octanol–water partition coefficient (Wildman–Crippen LogP) is 5.27. The summed E-state index contributed by atoms with van der Waals surface area (Å²) in [5.41, 5.74) is 1.41. The number of pyridine rings is 2. The Hall–Kier alpha value is -2.35. The Morgan fingerprint density at radius 3 is 2.14 bits per heavy atom. The van der Waals surface area contributed by atoms with Crippen molar-refractivity contribution in [2.24, 2.45) is 0 Å². The molecule has 28 heavy (non-hydrogen) atoms. The van der Waals surface area contributed by atoms with Gasteiger partial charge < -0.3 is 9.53 Å². The molecule has 0 atom stereocenters. The van der Waals surface area contributed by atoms with Crippen molar-refractivity contribution < 1.29 is 9.53 Å². The fourth-order valence-electron chi connectivity index (χ4n) is 1.75. The molecule has 0 aliphatic rings. The molecule has 2 rings (SSSR count). The summed E-state index contributed by atoms with van der Waals surface area (Å²) >= 11 is 23.0. The Morgan fingerprint density at radius 1 is 1.04 bits per heavy atom. The third-order valence-corrected chi connectivity index (χ3v) is 4.49. The minimum absolute atomic E-state index is 0.0575. The van der Waals surface area contributed by atoms with E-state index in [1.807, 2.05) is 19.1 Å². The molecule has 0 unspecified atom stereocenters. The number of rotatable bonds is 5. The number of aldehydes is 1. The summed E-state index contributed by atoms with van der Waals surface area (Å²) in [5.74, 6) is 0.